The molecule has 12 nitrogen and oxygen atoms in total. The van der Waals surface area contributed by atoms with Crippen molar-refractivity contribution in [2.45, 2.75) is 24.8 Å². The maximum absolute atomic E-state index is 12.7. The highest BCUT2D eigenvalue weighted by Crippen LogP contribution is 2.32. The third-order valence-electron chi connectivity index (χ3n) is 3.69. The van der Waals surface area contributed by atoms with Crippen molar-refractivity contribution >= 4 is 21.6 Å². The normalized spacial score (nSPS) is 11.5. The number of nitro benzene ring substituents is 1. The lowest BCUT2D eigenvalue weighted by Gasteiger charge is -2.14. The van der Waals surface area contributed by atoms with Crippen molar-refractivity contribution in [3.8, 4) is 11.6 Å². The van der Waals surface area contributed by atoms with E-state index in [1.807, 2.05) is 0 Å². The lowest BCUT2D eigenvalue weighted by molar-refractivity contribution is -0.385. The molecule has 1 amide bonds. The van der Waals surface area contributed by atoms with Crippen LogP contribution >= 0.6 is 0 Å². The topological polar surface area (TPSA) is 155 Å². The molecule has 0 aliphatic rings. The standard InChI is InChI=1S/C17H23N5O7S/c1-11(2)20-30(26,27)15-9-12(22(24)25)5-6-14(15)29-16-10-13(19-21(16)3)17(23)18-7-8-28-4/h5-6,9-11,20H,7-8H2,1-4H3,(H,18,23). The van der Waals surface area contributed by atoms with E-state index in [0.29, 0.717) is 6.61 Å². The van der Waals surface area contributed by atoms with Crippen LogP contribution in [0.25, 0.3) is 0 Å². The lowest BCUT2D eigenvalue weighted by Crippen LogP contribution is -2.30. The summed E-state index contributed by atoms with van der Waals surface area (Å²) in [5.74, 6) is -0.541. The van der Waals surface area contributed by atoms with E-state index in [9.17, 15) is 23.3 Å². The fourth-order valence-electron chi connectivity index (χ4n) is 2.40. The van der Waals surface area contributed by atoms with Crippen LogP contribution in [0.3, 0.4) is 0 Å². The van der Waals surface area contributed by atoms with E-state index >= 15 is 0 Å². The third kappa shape index (κ3) is 5.75. The summed E-state index contributed by atoms with van der Waals surface area (Å²) >= 11 is 0. The van der Waals surface area contributed by atoms with E-state index in [2.05, 4.69) is 15.1 Å². The van der Waals surface area contributed by atoms with Gasteiger partial charge in [0.2, 0.25) is 15.9 Å². The van der Waals surface area contributed by atoms with E-state index in [1.165, 1.54) is 31.0 Å². The van der Waals surface area contributed by atoms with E-state index in [1.54, 1.807) is 13.8 Å². The third-order valence-corrected chi connectivity index (χ3v) is 5.37. The second-order valence-electron chi connectivity index (χ2n) is 6.51. The first-order valence-electron chi connectivity index (χ1n) is 8.85. The molecule has 2 N–H and O–H groups in total. The average molecular weight is 441 g/mol. The minimum atomic E-state index is -4.11. The number of methoxy groups -OCH3 is 1. The Morgan fingerprint density at radius 1 is 1.33 bits per heavy atom. The first-order chi connectivity index (χ1) is 14.0. The Labute approximate surface area is 173 Å². The summed E-state index contributed by atoms with van der Waals surface area (Å²) in [5.41, 5.74) is -0.357. The Balaban J connectivity index is 2.39. The number of sulfonamides is 1. The number of aryl methyl sites for hydroxylation is 1. The highest BCUT2D eigenvalue weighted by molar-refractivity contribution is 7.89. The number of non-ortho nitro benzene ring substituents is 1. The molecule has 164 valence electrons. The Morgan fingerprint density at radius 2 is 2.03 bits per heavy atom. The molecule has 0 spiro atoms. The van der Waals surface area contributed by atoms with E-state index in [0.717, 1.165) is 12.1 Å². The Hall–Kier alpha value is -3.03. The second kappa shape index (κ2) is 9.65. The van der Waals surface area contributed by atoms with Crippen LogP contribution in [0.1, 0.15) is 24.3 Å². The quantitative estimate of drug-likeness (QED) is 0.316. The molecule has 1 aromatic carbocycles. The molecule has 0 saturated carbocycles. The maximum Gasteiger partial charge on any atom is 0.272 e. The summed E-state index contributed by atoms with van der Waals surface area (Å²) in [7, 11) is -1.10. The molecular formula is C17H23N5O7S. The molecule has 0 radical (unpaired) electrons. The number of nitrogens with one attached hydrogen (secondary N) is 2. The Bertz CT molecular complexity index is 1030. The average Bonchev–Trinajstić information content (AvgIpc) is 3.01. The van der Waals surface area contributed by atoms with E-state index < -0.39 is 37.5 Å². The van der Waals surface area contributed by atoms with Crippen LogP contribution in [-0.4, -0.2) is 55.3 Å². The predicted octanol–water partition coefficient (Wildman–Crippen LogP) is 1.18. The van der Waals surface area contributed by atoms with Gasteiger partial charge in [-0.3, -0.25) is 14.9 Å². The number of carbonyl (C=O) groups is 1. The Morgan fingerprint density at radius 3 is 2.63 bits per heavy atom. The zero-order valence-electron chi connectivity index (χ0n) is 16.9. The van der Waals surface area contributed by atoms with Crippen molar-refractivity contribution in [3.05, 3.63) is 40.1 Å². The first-order valence-corrected chi connectivity index (χ1v) is 10.3. The molecule has 1 heterocycles. The number of ether oxygens (including phenoxy) is 2. The molecule has 2 rings (SSSR count). The number of nitro groups is 1. The fraction of sp³-hybridized carbons (Fsp3) is 0.412. The number of hydrogen-bond acceptors (Lipinski definition) is 8. The number of amides is 1. The van der Waals surface area contributed by atoms with Crippen molar-refractivity contribution in [2.24, 2.45) is 7.05 Å². The lowest BCUT2D eigenvalue weighted by atomic mass is 10.3. The van der Waals surface area contributed by atoms with Crippen LogP contribution in [0.5, 0.6) is 11.6 Å². The Kier molecular flexibility index (Phi) is 7.48. The summed E-state index contributed by atoms with van der Waals surface area (Å²) in [5, 5.41) is 17.7. The molecule has 0 aliphatic carbocycles. The van der Waals surface area contributed by atoms with Crippen LogP contribution in [0.2, 0.25) is 0 Å². The van der Waals surface area contributed by atoms with Gasteiger partial charge in [-0.1, -0.05) is 0 Å². The van der Waals surface area contributed by atoms with Crippen LogP contribution in [0.15, 0.2) is 29.2 Å². The van der Waals surface area contributed by atoms with Crippen LogP contribution in [-0.2, 0) is 21.8 Å². The molecule has 0 fully saturated rings. The fourth-order valence-corrected chi connectivity index (χ4v) is 3.80. The second-order valence-corrected chi connectivity index (χ2v) is 8.19. The summed E-state index contributed by atoms with van der Waals surface area (Å²) in [4.78, 5) is 22.1. The summed E-state index contributed by atoms with van der Waals surface area (Å²) in [6.07, 6.45) is 0. The van der Waals surface area contributed by atoms with Crippen molar-refractivity contribution in [1.29, 1.82) is 0 Å². The molecule has 13 heteroatoms. The SMILES string of the molecule is COCCNC(=O)c1cc(Oc2ccc([N+](=O)[O-])cc2S(=O)(=O)NC(C)C)n(C)n1. The van der Waals surface area contributed by atoms with Crippen molar-refractivity contribution in [3.63, 3.8) is 0 Å². The highest BCUT2D eigenvalue weighted by Gasteiger charge is 2.25. The van der Waals surface area contributed by atoms with Crippen LogP contribution < -0.4 is 14.8 Å². The van der Waals surface area contributed by atoms with Gasteiger partial charge in [-0.25, -0.2) is 17.8 Å². The minimum Gasteiger partial charge on any atom is -0.438 e. The van der Waals surface area contributed by atoms with Gasteiger partial charge in [-0.05, 0) is 19.9 Å². The van der Waals surface area contributed by atoms with Gasteiger partial charge in [0.1, 0.15) is 10.6 Å². The van der Waals surface area contributed by atoms with Gasteiger partial charge >= 0.3 is 0 Å². The smallest absolute Gasteiger partial charge is 0.272 e. The number of hydrogen-bond donors (Lipinski definition) is 2. The molecular weight excluding hydrogens is 418 g/mol. The van der Waals surface area contributed by atoms with Crippen LogP contribution in [0, 0.1) is 10.1 Å². The highest BCUT2D eigenvalue weighted by atomic mass is 32.2. The molecule has 0 bridgehead atoms. The minimum absolute atomic E-state index is 0.0511. The summed E-state index contributed by atoms with van der Waals surface area (Å²) < 4.78 is 39.5. The summed E-state index contributed by atoms with van der Waals surface area (Å²) in [6.45, 7) is 3.85. The largest absolute Gasteiger partial charge is 0.438 e. The van der Waals surface area contributed by atoms with Crippen LogP contribution in [0.4, 0.5) is 5.69 Å². The van der Waals surface area contributed by atoms with Crippen molar-refractivity contribution in [2.75, 3.05) is 20.3 Å². The van der Waals surface area contributed by atoms with Crippen molar-refractivity contribution in [1.82, 2.24) is 19.8 Å². The maximum atomic E-state index is 12.7. The van der Waals surface area contributed by atoms with Gasteiger partial charge in [-0.2, -0.15) is 5.10 Å². The van der Waals surface area contributed by atoms with E-state index in [4.69, 9.17) is 9.47 Å². The van der Waals surface area contributed by atoms with Gasteiger partial charge in [0.05, 0.1) is 11.5 Å². The van der Waals surface area contributed by atoms with Gasteiger partial charge in [0, 0.05) is 44.9 Å². The molecule has 0 atom stereocenters. The zero-order valence-corrected chi connectivity index (χ0v) is 17.7. The molecule has 0 saturated heterocycles. The molecule has 2 aromatic rings. The van der Waals surface area contributed by atoms with Gasteiger partial charge in [0.15, 0.2) is 5.69 Å². The predicted molar refractivity (Wildman–Crippen MR) is 106 cm³/mol. The number of nitrogens with zero attached hydrogens (tertiary/aromatic N) is 3. The van der Waals surface area contributed by atoms with Crippen molar-refractivity contribution < 1.29 is 27.6 Å². The zero-order chi connectivity index (χ0) is 22.5. The number of benzene rings is 1. The van der Waals surface area contributed by atoms with E-state index in [-0.39, 0.29) is 23.9 Å². The van der Waals surface area contributed by atoms with Gasteiger partial charge in [0.25, 0.3) is 11.6 Å². The molecule has 0 aliphatic heterocycles. The number of aromatic nitrogens is 2. The number of carbonyl (C=O) groups excluding carboxylic acids is 1. The molecule has 1 aromatic heterocycles. The molecule has 30 heavy (non-hydrogen) atoms. The monoisotopic (exact) mass is 441 g/mol. The first kappa shape index (κ1) is 23.3. The summed E-state index contributed by atoms with van der Waals surface area (Å²) in [6, 6.07) is 4.10. The van der Waals surface area contributed by atoms with Gasteiger partial charge < -0.3 is 14.8 Å². The molecule has 0 unspecified atom stereocenters. The van der Waals surface area contributed by atoms with Gasteiger partial charge in [-0.15, -0.1) is 0 Å². The number of rotatable bonds is 10.